The van der Waals surface area contributed by atoms with Crippen LogP contribution in [0.1, 0.15) is 22.3 Å². The molecule has 0 spiro atoms. The first-order valence-electron chi connectivity index (χ1n) is 7.83. The molecule has 1 aromatic carbocycles. The molecule has 140 valence electrons. The van der Waals surface area contributed by atoms with Gasteiger partial charge in [-0.3, -0.25) is 4.79 Å². The first kappa shape index (κ1) is 19.6. The number of ether oxygens (including phenoxy) is 2. The van der Waals surface area contributed by atoms with Gasteiger partial charge in [0.2, 0.25) is 5.91 Å². The third-order valence-corrected chi connectivity index (χ3v) is 4.01. The maximum Gasteiger partial charge on any atom is 0.337 e. The maximum absolute atomic E-state index is 11.9. The standard InChI is InChI=1S/C17H21ClN4O4/c1-25-17(24)9-2-3-10-12(19)7-11(16(18)21)13(20)8-15(23)22-4-5-26-14(10)6-9/h2-3,6-7,13H,4-5,8,19-21H2,1H3,(H,22,23)/b12-7-,16-11+. The molecule has 0 saturated heterocycles. The maximum atomic E-state index is 11.9. The van der Waals surface area contributed by atoms with Crippen molar-refractivity contribution < 1.29 is 19.1 Å². The smallest absolute Gasteiger partial charge is 0.337 e. The van der Waals surface area contributed by atoms with Crippen molar-refractivity contribution in [3.8, 4) is 5.75 Å². The predicted octanol–water partition coefficient (Wildman–Crippen LogP) is 0.408. The van der Waals surface area contributed by atoms with E-state index < -0.39 is 12.0 Å². The van der Waals surface area contributed by atoms with E-state index >= 15 is 0 Å². The summed E-state index contributed by atoms with van der Waals surface area (Å²) < 4.78 is 10.4. The van der Waals surface area contributed by atoms with E-state index in [1.807, 2.05) is 0 Å². The topological polar surface area (TPSA) is 143 Å². The van der Waals surface area contributed by atoms with E-state index in [2.05, 4.69) is 5.32 Å². The van der Waals surface area contributed by atoms with E-state index in [1.165, 1.54) is 19.3 Å². The summed E-state index contributed by atoms with van der Waals surface area (Å²) in [5, 5.41) is 2.63. The van der Waals surface area contributed by atoms with Gasteiger partial charge in [0.15, 0.2) is 0 Å². The van der Waals surface area contributed by atoms with E-state index in [0.717, 1.165) is 0 Å². The molecular weight excluding hydrogens is 360 g/mol. The Morgan fingerprint density at radius 1 is 1.42 bits per heavy atom. The molecule has 26 heavy (non-hydrogen) atoms. The molecule has 1 heterocycles. The van der Waals surface area contributed by atoms with E-state index in [9.17, 15) is 9.59 Å². The minimum absolute atomic E-state index is 0.000664. The lowest BCUT2D eigenvalue weighted by Crippen LogP contribution is -2.35. The van der Waals surface area contributed by atoms with Crippen LogP contribution in [0, 0.1) is 0 Å². The third-order valence-electron chi connectivity index (χ3n) is 3.79. The molecule has 0 fully saturated rings. The summed E-state index contributed by atoms with van der Waals surface area (Å²) in [6, 6.07) is 3.99. The Bertz CT molecular complexity index is 772. The zero-order valence-electron chi connectivity index (χ0n) is 14.3. The van der Waals surface area contributed by atoms with Crippen LogP contribution in [0.2, 0.25) is 0 Å². The fourth-order valence-electron chi connectivity index (χ4n) is 2.46. The lowest BCUT2D eigenvalue weighted by molar-refractivity contribution is -0.121. The highest BCUT2D eigenvalue weighted by Crippen LogP contribution is 2.27. The van der Waals surface area contributed by atoms with Crippen molar-refractivity contribution in [3.63, 3.8) is 0 Å². The van der Waals surface area contributed by atoms with Gasteiger partial charge in [0.05, 0.1) is 19.2 Å². The van der Waals surface area contributed by atoms with Crippen molar-refractivity contribution in [3.05, 3.63) is 46.1 Å². The van der Waals surface area contributed by atoms with Gasteiger partial charge in [-0.05, 0) is 24.3 Å². The molecule has 0 radical (unpaired) electrons. The number of nitrogens with two attached hydrogens (primary N) is 3. The zero-order valence-corrected chi connectivity index (χ0v) is 15.0. The van der Waals surface area contributed by atoms with E-state index in [0.29, 0.717) is 22.4 Å². The van der Waals surface area contributed by atoms with E-state index in [1.54, 1.807) is 12.1 Å². The highest BCUT2D eigenvalue weighted by Gasteiger charge is 2.19. The summed E-state index contributed by atoms with van der Waals surface area (Å²) in [6.45, 7) is 0.443. The Labute approximate surface area is 155 Å². The van der Waals surface area contributed by atoms with Crippen LogP contribution in [0.5, 0.6) is 5.75 Å². The molecule has 7 N–H and O–H groups in total. The van der Waals surface area contributed by atoms with Crippen LogP contribution in [0.4, 0.5) is 0 Å². The molecule has 0 saturated carbocycles. The molecule has 0 aromatic heterocycles. The van der Waals surface area contributed by atoms with Gasteiger partial charge in [-0.1, -0.05) is 11.6 Å². The van der Waals surface area contributed by atoms with Crippen molar-refractivity contribution in [2.24, 2.45) is 17.2 Å². The molecule has 8 nitrogen and oxygen atoms in total. The number of carbonyl (C=O) groups excluding carboxylic acids is 2. The number of methoxy groups -OCH3 is 1. The summed E-state index contributed by atoms with van der Waals surface area (Å²) in [7, 11) is 1.29. The Balaban J connectivity index is 2.54. The van der Waals surface area contributed by atoms with Crippen LogP contribution in [-0.2, 0) is 9.53 Å². The molecule has 1 aromatic rings. The van der Waals surface area contributed by atoms with E-state index in [4.69, 9.17) is 38.3 Å². The lowest BCUT2D eigenvalue weighted by atomic mass is 10.0. The Morgan fingerprint density at radius 2 is 2.15 bits per heavy atom. The predicted molar refractivity (Wildman–Crippen MR) is 98.1 cm³/mol. The Hall–Kier alpha value is -2.71. The van der Waals surface area contributed by atoms with E-state index in [-0.39, 0.29) is 36.3 Å². The van der Waals surface area contributed by atoms with Gasteiger partial charge in [-0.2, -0.15) is 0 Å². The minimum Gasteiger partial charge on any atom is -0.491 e. The average Bonchev–Trinajstić information content (AvgIpc) is 2.60. The van der Waals surface area contributed by atoms with Gasteiger partial charge >= 0.3 is 5.97 Å². The molecule has 0 bridgehead atoms. The van der Waals surface area contributed by atoms with Crippen molar-refractivity contribution in [2.75, 3.05) is 20.3 Å². The summed E-state index contributed by atoms with van der Waals surface area (Å²) in [4.78, 5) is 23.7. The van der Waals surface area contributed by atoms with Crippen molar-refractivity contribution in [2.45, 2.75) is 12.5 Å². The number of carbonyl (C=O) groups is 2. The number of hydrogen-bond acceptors (Lipinski definition) is 7. The van der Waals surface area contributed by atoms with Gasteiger partial charge in [0.1, 0.15) is 17.5 Å². The minimum atomic E-state index is -0.718. The summed E-state index contributed by atoms with van der Waals surface area (Å²) in [5.74, 6) is -0.420. The van der Waals surface area contributed by atoms with Crippen molar-refractivity contribution >= 4 is 29.2 Å². The van der Waals surface area contributed by atoms with Crippen LogP contribution < -0.4 is 27.3 Å². The molecule has 2 rings (SSSR count). The number of benzene rings is 1. The molecule has 1 amide bonds. The summed E-state index contributed by atoms with van der Waals surface area (Å²) >= 11 is 5.92. The van der Waals surface area contributed by atoms with Gasteiger partial charge in [-0.15, -0.1) is 0 Å². The summed E-state index contributed by atoms with van der Waals surface area (Å²) in [6.07, 6.45) is 1.50. The summed E-state index contributed by atoms with van der Waals surface area (Å²) in [5.41, 5.74) is 19.4. The molecule has 1 aliphatic heterocycles. The first-order chi connectivity index (χ1) is 12.3. The Morgan fingerprint density at radius 3 is 2.81 bits per heavy atom. The number of esters is 1. The lowest BCUT2D eigenvalue weighted by Gasteiger charge is -2.18. The van der Waals surface area contributed by atoms with Crippen molar-refractivity contribution in [1.82, 2.24) is 5.32 Å². The number of rotatable bonds is 1. The molecule has 1 unspecified atom stereocenters. The monoisotopic (exact) mass is 380 g/mol. The highest BCUT2D eigenvalue weighted by atomic mass is 35.5. The van der Waals surface area contributed by atoms with Crippen LogP contribution in [0.25, 0.3) is 5.70 Å². The second kappa shape index (κ2) is 8.59. The molecule has 1 atom stereocenters. The number of nitrogens with one attached hydrogen (secondary N) is 1. The number of fused-ring (bicyclic) bond motifs is 1. The van der Waals surface area contributed by atoms with Gasteiger partial charge in [-0.25, -0.2) is 4.79 Å². The molecule has 0 aliphatic carbocycles. The van der Waals surface area contributed by atoms with Crippen LogP contribution in [0.3, 0.4) is 0 Å². The first-order valence-corrected chi connectivity index (χ1v) is 8.21. The zero-order chi connectivity index (χ0) is 19.3. The fraction of sp³-hybridized carbons (Fsp3) is 0.294. The quantitative estimate of drug-likeness (QED) is 0.408. The molecule has 1 aliphatic rings. The van der Waals surface area contributed by atoms with Gasteiger partial charge in [0.25, 0.3) is 0 Å². The molecule has 9 heteroatoms. The number of hydrogen-bond donors (Lipinski definition) is 4. The van der Waals surface area contributed by atoms with Crippen LogP contribution >= 0.6 is 11.6 Å². The Kier molecular flexibility index (Phi) is 6.48. The number of amides is 1. The highest BCUT2D eigenvalue weighted by molar-refractivity contribution is 6.29. The largest absolute Gasteiger partial charge is 0.491 e. The second-order valence-corrected chi connectivity index (χ2v) is 6.02. The van der Waals surface area contributed by atoms with Gasteiger partial charge < -0.3 is 32.0 Å². The third kappa shape index (κ3) is 4.68. The second-order valence-electron chi connectivity index (χ2n) is 5.61. The molecular formula is C17H21ClN4O4. The SMILES string of the molecule is COC(=O)c1ccc2c(c1)OCCNC(=O)CC(N)C(=C(/N)Cl)/C=C/2N. The fourth-order valence-corrected chi connectivity index (χ4v) is 2.65. The van der Waals surface area contributed by atoms with Gasteiger partial charge in [0, 0.05) is 29.3 Å². The number of halogens is 1. The van der Waals surface area contributed by atoms with Crippen LogP contribution in [-0.4, -0.2) is 38.2 Å². The van der Waals surface area contributed by atoms with Crippen molar-refractivity contribution in [1.29, 1.82) is 0 Å². The normalized spacial score (nSPS) is 22.3. The average molecular weight is 381 g/mol. The van der Waals surface area contributed by atoms with Crippen LogP contribution in [0.15, 0.2) is 35.0 Å².